The number of aromatic nitrogens is 2. The van der Waals surface area contributed by atoms with Gasteiger partial charge >= 0.3 is 0 Å². The minimum Gasteiger partial charge on any atom is -0.496 e. The third-order valence-electron chi connectivity index (χ3n) is 3.06. The van der Waals surface area contributed by atoms with Crippen molar-refractivity contribution < 1.29 is 4.74 Å². The van der Waals surface area contributed by atoms with Crippen molar-refractivity contribution in [2.24, 2.45) is 0 Å². The van der Waals surface area contributed by atoms with E-state index >= 15 is 0 Å². The lowest BCUT2D eigenvalue weighted by Gasteiger charge is -2.04. The van der Waals surface area contributed by atoms with E-state index in [2.05, 4.69) is 32.0 Å². The van der Waals surface area contributed by atoms with Gasteiger partial charge in [0.2, 0.25) is 0 Å². The smallest absolute Gasteiger partial charge is 0.138 e. The molecular weight excluding hydrogens is 318 g/mol. The van der Waals surface area contributed by atoms with E-state index in [0.717, 1.165) is 27.1 Å². The molecule has 0 atom stereocenters. The SMILES string of the molecule is COc1ccc(-c2nc3c(C#N)cccc3[nH]2)cc1Br. The van der Waals surface area contributed by atoms with E-state index in [9.17, 15) is 0 Å². The van der Waals surface area contributed by atoms with Gasteiger partial charge in [-0.05, 0) is 46.3 Å². The average molecular weight is 328 g/mol. The van der Waals surface area contributed by atoms with Crippen LogP contribution in [0.3, 0.4) is 0 Å². The second kappa shape index (κ2) is 4.99. The number of nitrogens with zero attached hydrogens (tertiary/aromatic N) is 2. The van der Waals surface area contributed by atoms with Crippen LogP contribution in [0.25, 0.3) is 22.4 Å². The standard InChI is InChI=1S/C15H10BrN3O/c1-20-13-6-5-9(7-11(13)16)15-18-12-4-2-3-10(8-17)14(12)19-15/h2-7H,1H3,(H,18,19). The van der Waals surface area contributed by atoms with Crippen LogP contribution in [0.5, 0.6) is 5.75 Å². The van der Waals surface area contributed by atoms with Gasteiger partial charge in [0, 0.05) is 5.56 Å². The zero-order chi connectivity index (χ0) is 14.1. The second-order valence-corrected chi connectivity index (χ2v) is 5.10. The Bertz CT molecular complexity index is 833. The van der Waals surface area contributed by atoms with E-state index in [1.165, 1.54) is 0 Å². The summed E-state index contributed by atoms with van der Waals surface area (Å²) in [7, 11) is 1.63. The van der Waals surface area contributed by atoms with Gasteiger partial charge in [-0.25, -0.2) is 4.98 Å². The Kier molecular flexibility index (Phi) is 3.17. The number of H-pyrrole nitrogens is 1. The molecule has 1 N–H and O–H groups in total. The topological polar surface area (TPSA) is 61.7 Å². The highest BCUT2D eigenvalue weighted by atomic mass is 79.9. The minimum atomic E-state index is 0.567. The Hall–Kier alpha value is -2.32. The first-order valence-electron chi connectivity index (χ1n) is 5.95. The van der Waals surface area contributed by atoms with Crippen molar-refractivity contribution in [1.29, 1.82) is 5.26 Å². The maximum Gasteiger partial charge on any atom is 0.138 e. The number of hydrogen-bond acceptors (Lipinski definition) is 3. The molecule has 98 valence electrons. The van der Waals surface area contributed by atoms with Gasteiger partial charge in [0.05, 0.1) is 22.7 Å². The maximum absolute atomic E-state index is 9.10. The van der Waals surface area contributed by atoms with E-state index in [0.29, 0.717) is 11.1 Å². The van der Waals surface area contributed by atoms with Crippen LogP contribution < -0.4 is 4.74 Å². The summed E-state index contributed by atoms with van der Waals surface area (Å²) in [6.45, 7) is 0. The number of para-hydroxylation sites is 1. The van der Waals surface area contributed by atoms with Crippen molar-refractivity contribution in [3.63, 3.8) is 0 Å². The van der Waals surface area contributed by atoms with Crippen LogP contribution in [-0.2, 0) is 0 Å². The zero-order valence-electron chi connectivity index (χ0n) is 10.6. The van der Waals surface area contributed by atoms with E-state index in [4.69, 9.17) is 10.00 Å². The van der Waals surface area contributed by atoms with Gasteiger partial charge in [-0.2, -0.15) is 5.26 Å². The Morgan fingerprint density at radius 3 is 2.85 bits per heavy atom. The maximum atomic E-state index is 9.10. The number of imidazole rings is 1. The monoisotopic (exact) mass is 327 g/mol. The summed E-state index contributed by atoms with van der Waals surface area (Å²) in [4.78, 5) is 7.74. The van der Waals surface area contributed by atoms with Crippen LogP contribution in [-0.4, -0.2) is 17.1 Å². The highest BCUT2D eigenvalue weighted by Gasteiger charge is 2.10. The van der Waals surface area contributed by atoms with Crippen molar-refractivity contribution in [3.8, 4) is 23.2 Å². The van der Waals surface area contributed by atoms with Crippen molar-refractivity contribution in [2.45, 2.75) is 0 Å². The van der Waals surface area contributed by atoms with Crippen LogP contribution in [0.1, 0.15) is 5.56 Å². The fourth-order valence-electron chi connectivity index (χ4n) is 2.07. The molecule has 0 amide bonds. The Labute approximate surface area is 124 Å². The Balaban J connectivity index is 2.16. The van der Waals surface area contributed by atoms with Crippen LogP contribution in [0.4, 0.5) is 0 Å². The molecule has 5 heteroatoms. The molecule has 0 saturated heterocycles. The van der Waals surface area contributed by atoms with Crippen LogP contribution in [0.15, 0.2) is 40.9 Å². The minimum absolute atomic E-state index is 0.567. The Morgan fingerprint density at radius 2 is 2.15 bits per heavy atom. The number of benzene rings is 2. The Morgan fingerprint density at radius 1 is 1.30 bits per heavy atom. The molecular formula is C15H10BrN3O. The van der Waals surface area contributed by atoms with Gasteiger partial charge in [-0.3, -0.25) is 0 Å². The summed E-state index contributed by atoms with van der Waals surface area (Å²) in [6.07, 6.45) is 0. The number of aromatic amines is 1. The quantitative estimate of drug-likeness (QED) is 0.777. The lowest BCUT2D eigenvalue weighted by Crippen LogP contribution is -1.86. The second-order valence-electron chi connectivity index (χ2n) is 4.25. The van der Waals surface area contributed by atoms with E-state index < -0.39 is 0 Å². The lowest BCUT2D eigenvalue weighted by molar-refractivity contribution is 0.412. The number of halogens is 1. The van der Waals surface area contributed by atoms with Gasteiger partial charge in [0.25, 0.3) is 0 Å². The summed E-state index contributed by atoms with van der Waals surface area (Å²) in [5.74, 6) is 1.49. The van der Waals surface area contributed by atoms with E-state index in [1.54, 1.807) is 13.2 Å². The highest BCUT2D eigenvalue weighted by Crippen LogP contribution is 2.30. The molecule has 0 aliphatic rings. The van der Waals surface area contributed by atoms with Crippen molar-refractivity contribution >= 4 is 27.0 Å². The normalized spacial score (nSPS) is 10.4. The number of nitrogens with one attached hydrogen (secondary N) is 1. The predicted molar refractivity (Wildman–Crippen MR) is 80.5 cm³/mol. The summed E-state index contributed by atoms with van der Waals surface area (Å²) in [5, 5.41) is 9.10. The fraction of sp³-hybridized carbons (Fsp3) is 0.0667. The predicted octanol–water partition coefficient (Wildman–Crippen LogP) is 3.87. The first-order valence-corrected chi connectivity index (χ1v) is 6.75. The molecule has 1 heterocycles. The first kappa shape index (κ1) is 12.7. The van der Waals surface area contributed by atoms with E-state index in [-0.39, 0.29) is 0 Å². The molecule has 1 aromatic heterocycles. The van der Waals surface area contributed by atoms with E-state index in [1.807, 2.05) is 30.3 Å². The summed E-state index contributed by atoms with van der Waals surface area (Å²) < 4.78 is 6.07. The number of fused-ring (bicyclic) bond motifs is 1. The molecule has 3 rings (SSSR count). The number of nitriles is 1. The van der Waals surface area contributed by atoms with Crippen LogP contribution >= 0.6 is 15.9 Å². The van der Waals surface area contributed by atoms with Gasteiger partial charge < -0.3 is 9.72 Å². The molecule has 0 spiro atoms. The summed E-state index contributed by atoms with van der Waals surface area (Å²) in [6, 6.07) is 13.4. The van der Waals surface area contributed by atoms with Crippen LogP contribution in [0, 0.1) is 11.3 Å². The van der Waals surface area contributed by atoms with Crippen molar-refractivity contribution in [2.75, 3.05) is 7.11 Å². The number of methoxy groups -OCH3 is 1. The fourth-order valence-corrected chi connectivity index (χ4v) is 2.61. The highest BCUT2D eigenvalue weighted by molar-refractivity contribution is 9.10. The summed E-state index contributed by atoms with van der Waals surface area (Å²) >= 11 is 3.46. The zero-order valence-corrected chi connectivity index (χ0v) is 12.2. The van der Waals surface area contributed by atoms with Gasteiger partial charge in [0.15, 0.2) is 0 Å². The molecule has 20 heavy (non-hydrogen) atoms. The molecule has 0 unspecified atom stereocenters. The van der Waals surface area contributed by atoms with Gasteiger partial charge in [-0.15, -0.1) is 0 Å². The molecule has 3 aromatic rings. The van der Waals surface area contributed by atoms with Gasteiger partial charge in [0.1, 0.15) is 23.2 Å². The van der Waals surface area contributed by atoms with Crippen molar-refractivity contribution in [1.82, 2.24) is 9.97 Å². The molecule has 0 fully saturated rings. The lowest BCUT2D eigenvalue weighted by atomic mass is 10.2. The van der Waals surface area contributed by atoms with Gasteiger partial charge in [-0.1, -0.05) is 6.07 Å². The molecule has 0 aliphatic carbocycles. The molecule has 0 saturated carbocycles. The number of hydrogen-bond donors (Lipinski definition) is 1. The molecule has 0 aliphatic heterocycles. The number of ether oxygens (including phenoxy) is 1. The third kappa shape index (κ3) is 2.04. The molecule has 0 radical (unpaired) electrons. The molecule has 4 nitrogen and oxygen atoms in total. The molecule has 2 aromatic carbocycles. The largest absolute Gasteiger partial charge is 0.496 e. The summed E-state index contributed by atoms with van der Waals surface area (Å²) in [5.41, 5.74) is 3.04. The molecule has 0 bridgehead atoms. The van der Waals surface area contributed by atoms with Crippen molar-refractivity contribution in [3.05, 3.63) is 46.4 Å². The van der Waals surface area contributed by atoms with Crippen LogP contribution in [0.2, 0.25) is 0 Å². The number of rotatable bonds is 2. The first-order chi connectivity index (χ1) is 9.72. The third-order valence-corrected chi connectivity index (χ3v) is 3.68. The average Bonchev–Trinajstić information content (AvgIpc) is 2.91.